The maximum Gasteiger partial charge on any atom is 0.253 e. The Morgan fingerprint density at radius 1 is 1.07 bits per heavy atom. The number of nitrogens with one attached hydrogen (secondary N) is 1. The van der Waals surface area contributed by atoms with Gasteiger partial charge in [0, 0.05) is 40.6 Å². The molecule has 4 aromatic rings. The number of aromatic nitrogens is 5. The van der Waals surface area contributed by atoms with E-state index >= 15 is 0 Å². The first kappa shape index (κ1) is 16.8. The largest absolute Gasteiger partial charge is 0.326 e. The molecule has 0 aliphatic heterocycles. The van der Waals surface area contributed by atoms with Gasteiger partial charge in [-0.15, -0.1) is 5.10 Å². The summed E-state index contributed by atoms with van der Waals surface area (Å²) in [5.41, 5.74) is 4.06. The molecule has 7 nitrogen and oxygen atoms in total. The van der Waals surface area contributed by atoms with Gasteiger partial charge in [0.05, 0.1) is 6.42 Å². The van der Waals surface area contributed by atoms with Crippen LogP contribution in [0.25, 0.3) is 17.2 Å². The minimum atomic E-state index is -0.0962. The molecule has 4 rings (SSSR count). The van der Waals surface area contributed by atoms with Crippen molar-refractivity contribution in [3.63, 3.8) is 0 Å². The lowest BCUT2D eigenvalue weighted by Crippen LogP contribution is -2.17. The minimum absolute atomic E-state index is 0.0962. The molecule has 1 amide bonds. The van der Waals surface area contributed by atoms with Crippen molar-refractivity contribution in [3.8, 4) is 11.4 Å². The summed E-state index contributed by atoms with van der Waals surface area (Å²) >= 11 is 0. The first-order chi connectivity index (χ1) is 13.1. The van der Waals surface area contributed by atoms with Gasteiger partial charge in [-0.3, -0.25) is 9.78 Å². The zero-order valence-electron chi connectivity index (χ0n) is 15.0. The second-order valence-corrected chi connectivity index (χ2v) is 6.24. The number of amides is 1. The average Bonchev–Trinajstić information content (AvgIpc) is 3.11. The average molecular weight is 358 g/mol. The van der Waals surface area contributed by atoms with Crippen LogP contribution in [0, 0.1) is 13.8 Å². The summed E-state index contributed by atoms with van der Waals surface area (Å²) in [6.45, 7) is 3.81. The van der Waals surface area contributed by atoms with E-state index in [0.717, 1.165) is 28.2 Å². The van der Waals surface area contributed by atoms with Crippen LogP contribution in [0.15, 0.2) is 54.9 Å². The van der Waals surface area contributed by atoms with Crippen molar-refractivity contribution in [3.05, 3.63) is 71.8 Å². The summed E-state index contributed by atoms with van der Waals surface area (Å²) in [7, 11) is 0. The van der Waals surface area contributed by atoms with E-state index in [1.807, 2.05) is 56.3 Å². The second kappa shape index (κ2) is 6.95. The molecule has 134 valence electrons. The fraction of sp³-hybridized carbons (Fsp3) is 0.150. The highest BCUT2D eigenvalue weighted by atomic mass is 16.1. The standard InChI is InChI=1S/C20H18N6O/c1-13-17(11-18(27)23-16-8-4-3-5-9-16)14(2)26-20(22-13)24-19(25-26)15-7-6-10-21-12-15/h3-10,12H,11H2,1-2H3,(H,23,27). The lowest BCUT2D eigenvalue weighted by molar-refractivity contribution is -0.115. The van der Waals surface area contributed by atoms with Gasteiger partial charge in [0.2, 0.25) is 5.91 Å². The van der Waals surface area contributed by atoms with Crippen LogP contribution in [0.3, 0.4) is 0 Å². The van der Waals surface area contributed by atoms with Crippen molar-refractivity contribution in [2.45, 2.75) is 20.3 Å². The third-order valence-electron chi connectivity index (χ3n) is 4.36. The molecular weight excluding hydrogens is 340 g/mol. The Balaban J connectivity index is 1.66. The summed E-state index contributed by atoms with van der Waals surface area (Å²) in [4.78, 5) is 25.6. The van der Waals surface area contributed by atoms with Crippen LogP contribution in [-0.2, 0) is 11.2 Å². The fourth-order valence-corrected chi connectivity index (χ4v) is 2.97. The lowest BCUT2D eigenvalue weighted by Gasteiger charge is -2.10. The van der Waals surface area contributed by atoms with Gasteiger partial charge in [-0.2, -0.15) is 4.98 Å². The van der Waals surface area contributed by atoms with Crippen LogP contribution in [0.4, 0.5) is 5.69 Å². The van der Waals surface area contributed by atoms with E-state index < -0.39 is 0 Å². The number of carbonyl (C=O) groups is 1. The number of benzene rings is 1. The maximum absolute atomic E-state index is 12.5. The fourth-order valence-electron chi connectivity index (χ4n) is 2.97. The Hall–Kier alpha value is -3.61. The van der Waals surface area contributed by atoms with E-state index in [1.54, 1.807) is 16.9 Å². The number of anilines is 1. The van der Waals surface area contributed by atoms with E-state index in [9.17, 15) is 4.79 Å². The number of para-hydroxylation sites is 1. The van der Waals surface area contributed by atoms with Gasteiger partial charge in [0.1, 0.15) is 0 Å². The first-order valence-corrected chi connectivity index (χ1v) is 8.60. The maximum atomic E-state index is 12.5. The molecule has 3 heterocycles. The van der Waals surface area contributed by atoms with Gasteiger partial charge in [-0.25, -0.2) is 9.50 Å². The van der Waals surface area contributed by atoms with Gasteiger partial charge >= 0.3 is 0 Å². The van der Waals surface area contributed by atoms with Crippen molar-refractivity contribution in [2.75, 3.05) is 5.32 Å². The predicted molar refractivity (Wildman–Crippen MR) is 102 cm³/mol. The highest BCUT2D eigenvalue weighted by Gasteiger charge is 2.16. The van der Waals surface area contributed by atoms with Crippen molar-refractivity contribution in [1.29, 1.82) is 0 Å². The molecule has 0 unspecified atom stereocenters. The van der Waals surface area contributed by atoms with E-state index in [-0.39, 0.29) is 12.3 Å². The number of hydrogen-bond donors (Lipinski definition) is 1. The Bertz CT molecular complexity index is 1110. The number of carbonyl (C=O) groups excluding carboxylic acids is 1. The molecule has 0 spiro atoms. The van der Waals surface area contributed by atoms with Crippen LogP contribution in [0.1, 0.15) is 17.0 Å². The van der Waals surface area contributed by atoms with E-state index in [4.69, 9.17) is 0 Å². The minimum Gasteiger partial charge on any atom is -0.326 e. The number of rotatable bonds is 4. The number of nitrogens with zero attached hydrogens (tertiary/aromatic N) is 5. The summed E-state index contributed by atoms with van der Waals surface area (Å²) in [5.74, 6) is 0.973. The van der Waals surface area contributed by atoms with Gasteiger partial charge in [0.15, 0.2) is 5.82 Å². The highest BCUT2D eigenvalue weighted by Crippen LogP contribution is 2.19. The molecular formula is C20H18N6O. The van der Waals surface area contributed by atoms with E-state index in [2.05, 4.69) is 25.4 Å². The van der Waals surface area contributed by atoms with Crippen LogP contribution in [0.5, 0.6) is 0 Å². The molecule has 0 aliphatic carbocycles. The molecule has 0 saturated heterocycles. The zero-order chi connectivity index (χ0) is 18.8. The SMILES string of the molecule is Cc1nc2nc(-c3cccnc3)nn2c(C)c1CC(=O)Nc1ccccc1. The van der Waals surface area contributed by atoms with Crippen LogP contribution >= 0.6 is 0 Å². The molecule has 3 aromatic heterocycles. The van der Waals surface area contributed by atoms with Crippen molar-refractivity contribution in [2.24, 2.45) is 0 Å². The first-order valence-electron chi connectivity index (χ1n) is 8.60. The molecule has 0 fully saturated rings. The Morgan fingerprint density at radius 2 is 1.89 bits per heavy atom. The Morgan fingerprint density at radius 3 is 2.63 bits per heavy atom. The molecule has 7 heteroatoms. The molecule has 0 aliphatic rings. The molecule has 27 heavy (non-hydrogen) atoms. The van der Waals surface area contributed by atoms with E-state index in [0.29, 0.717) is 11.6 Å². The van der Waals surface area contributed by atoms with Crippen LogP contribution < -0.4 is 5.32 Å². The second-order valence-electron chi connectivity index (χ2n) is 6.24. The normalized spacial score (nSPS) is 10.9. The van der Waals surface area contributed by atoms with Gasteiger partial charge in [-0.05, 0) is 38.1 Å². The number of fused-ring (bicyclic) bond motifs is 1. The van der Waals surface area contributed by atoms with Gasteiger partial charge in [0.25, 0.3) is 5.78 Å². The summed E-state index contributed by atoms with van der Waals surface area (Å²) in [6, 6.07) is 13.1. The molecule has 1 N–H and O–H groups in total. The predicted octanol–water partition coefficient (Wildman–Crippen LogP) is 2.98. The molecule has 0 saturated carbocycles. The number of aryl methyl sites for hydroxylation is 2. The van der Waals surface area contributed by atoms with Crippen molar-refractivity contribution in [1.82, 2.24) is 24.6 Å². The molecule has 0 radical (unpaired) electrons. The quantitative estimate of drug-likeness (QED) is 0.606. The van der Waals surface area contributed by atoms with Crippen LogP contribution in [0.2, 0.25) is 0 Å². The molecule has 1 aromatic carbocycles. The van der Waals surface area contributed by atoms with Gasteiger partial charge in [-0.1, -0.05) is 18.2 Å². The Kier molecular flexibility index (Phi) is 4.33. The number of pyridine rings is 1. The van der Waals surface area contributed by atoms with Crippen LogP contribution in [-0.4, -0.2) is 30.5 Å². The van der Waals surface area contributed by atoms with Gasteiger partial charge < -0.3 is 5.32 Å². The number of hydrogen-bond acceptors (Lipinski definition) is 5. The lowest BCUT2D eigenvalue weighted by atomic mass is 10.1. The monoisotopic (exact) mass is 358 g/mol. The highest BCUT2D eigenvalue weighted by molar-refractivity contribution is 5.92. The summed E-state index contributed by atoms with van der Waals surface area (Å²) in [6.07, 6.45) is 3.64. The molecule has 0 atom stereocenters. The van der Waals surface area contributed by atoms with E-state index in [1.165, 1.54) is 0 Å². The third-order valence-corrected chi connectivity index (χ3v) is 4.36. The summed E-state index contributed by atoms with van der Waals surface area (Å²) < 4.78 is 1.68. The summed E-state index contributed by atoms with van der Waals surface area (Å²) in [5, 5.41) is 7.45. The zero-order valence-corrected chi connectivity index (χ0v) is 15.0. The van der Waals surface area contributed by atoms with Crippen molar-refractivity contribution >= 4 is 17.4 Å². The Labute approximate surface area is 156 Å². The smallest absolute Gasteiger partial charge is 0.253 e. The molecule has 0 bridgehead atoms. The van der Waals surface area contributed by atoms with Crippen molar-refractivity contribution < 1.29 is 4.79 Å². The third kappa shape index (κ3) is 3.39. The topological polar surface area (TPSA) is 85.1 Å².